The predicted molar refractivity (Wildman–Crippen MR) is 174 cm³/mol. The summed E-state index contributed by atoms with van der Waals surface area (Å²) in [6.07, 6.45) is 7.72. The summed E-state index contributed by atoms with van der Waals surface area (Å²) in [5, 5.41) is 17.8. The highest BCUT2D eigenvalue weighted by molar-refractivity contribution is 6.29. The minimum absolute atomic E-state index is 0.0842. The van der Waals surface area contributed by atoms with Gasteiger partial charge in [0.25, 0.3) is 0 Å². The number of hydrogen-bond donors (Lipinski definition) is 1. The molecule has 0 spiro atoms. The molecule has 0 radical (unpaired) electrons. The first-order valence-electron chi connectivity index (χ1n) is 14.5. The fourth-order valence-corrected chi connectivity index (χ4v) is 4.38. The molecule has 1 N–H and O–H groups in total. The van der Waals surface area contributed by atoms with E-state index in [9.17, 15) is 23.5 Å². The summed E-state index contributed by atoms with van der Waals surface area (Å²) >= 11 is 11.3. The van der Waals surface area contributed by atoms with E-state index in [0.29, 0.717) is 41.9 Å². The lowest BCUT2D eigenvalue weighted by Gasteiger charge is -2.33. The van der Waals surface area contributed by atoms with E-state index in [0.717, 1.165) is 12.1 Å². The van der Waals surface area contributed by atoms with Gasteiger partial charge in [0.15, 0.2) is 0 Å². The van der Waals surface area contributed by atoms with Gasteiger partial charge in [0.2, 0.25) is 0 Å². The Balaban J connectivity index is 0.000000256. The van der Waals surface area contributed by atoms with Gasteiger partial charge in [-0.3, -0.25) is 9.36 Å². The standard InChI is InChI=1S/C16H20ClFN4O2.C15H18ClFN4O2/c1-16(2,3)24-15(23)21(4)5-6-22-10-11(8-20-22)12-9-19-14(17)7-13(12)18;1-15(2,3)21(14(22)23)5-4-20-9-10(7-19-20)11-8-18-13(16)6-12(11)17/h7-10H,5-6H2,1-4H3;6-9H,4-5H2,1-3H3,(H,22,23). The number of hydrogen-bond acceptors (Lipinski definition) is 7. The van der Waals surface area contributed by atoms with E-state index in [1.54, 1.807) is 35.0 Å². The Morgan fingerprint density at radius 3 is 1.66 bits per heavy atom. The first kappa shape index (κ1) is 37.2. The molecule has 4 aromatic heterocycles. The number of likely N-dealkylation sites (N-methyl/N-ethyl adjacent to an activating group) is 1. The van der Waals surface area contributed by atoms with Crippen LogP contribution in [0.4, 0.5) is 18.4 Å². The van der Waals surface area contributed by atoms with Gasteiger partial charge in [0.1, 0.15) is 27.5 Å². The van der Waals surface area contributed by atoms with Crippen LogP contribution in [0.25, 0.3) is 22.3 Å². The average Bonchev–Trinajstić information content (AvgIpc) is 3.60. The SMILES string of the molecule is CC(C)(C)N(CCn1cc(-c2cnc(Cl)cc2F)cn1)C(=O)O.CN(CCn1cc(-c2cnc(Cl)cc2F)cn1)C(=O)OC(C)(C)C. The molecule has 2 amide bonds. The van der Waals surface area contributed by atoms with Gasteiger partial charge in [0, 0.05) is 84.9 Å². The summed E-state index contributed by atoms with van der Waals surface area (Å²) in [5.41, 5.74) is 0.732. The molecular formula is C31H38Cl2F2N8O4. The molecule has 4 rings (SSSR count). The van der Waals surface area contributed by atoms with Gasteiger partial charge in [-0.2, -0.15) is 10.2 Å². The van der Waals surface area contributed by atoms with E-state index in [2.05, 4.69) is 20.2 Å². The molecule has 0 fully saturated rings. The zero-order valence-electron chi connectivity index (χ0n) is 27.2. The first-order valence-corrected chi connectivity index (χ1v) is 15.2. The molecular weight excluding hydrogens is 657 g/mol. The van der Waals surface area contributed by atoms with Gasteiger partial charge in [-0.15, -0.1) is 0 Å². The molecule has 4 heterocycles. The monoisotopic (exact) mass is 694 g/mol. The number of carbonyl (C=O) groups excluding carboxylic acids is 1. The highest BCUT2D eigenvalue weighted by atomic mass is 35.5. The number of nitrogens with zero attached hydrogens (tertiary/aromatic N) is 8. The molecule has 0 saturated heterocycles. The van der Waals surface area contributed by atoms with Crippen LogP contribution in [0.2, 0.25) is 10.3 Å². The van der Waals surface area contributed by atoms with Crippen molar-refractivity contribution in [3.05, 3.63) is 71.3 Å². The maximum absolute atomic E-state index is 13.9. The van der Waals surface area contributed by atoms with Crippen molar-refractivity contribution >= 4 is 35.4 Å². The maximum Gasteiger partial charge on any atom is 0.410 e. The van der Waals surface area contributed by atoms with Crippen LogP contribution in [-0.2, 0) is 17.8 Å². The van der Waals surface area contributed by atoms with Crippen LogP contribution in [-0.4, -0.2) is 87.9 Å². The predicted octanol–water partition coefficient (Wildman–Crippen LogP) is 7.12. The molecule has 0 saturated carbocycles. The Morgan fingerprint density at radius 2 is 1.28 bits per heavy atom. The zero-order chi connectivity index (χ0) is 35.1. The van der Waals surface area contributed by atoms with Crippen molar-refractivity contribution in [3.63, 3.8) is 0 Å². The van der Waals surface area contributed by atoms with Crippen molar-refractivity contribution in [1.82, 2.24) is 39.3 Å². The molecule has 16 heteroatoms. The summed E-state index contributed by atoms with van der Waals surface area (Å²) in [4.78, 5) is 33.7. The fourth-order valence-electron chi connectivity index (χ4n) is 4.09. The summed E-state index contributed by atoms with van der Waals surface area (Å²) in [7, 11) is 1.65. The number of amides is 2. The van der Waals surface area contributed by atoms with Crippen LogP contribution in [0, 0.1) is 11.6 Å². The van der Waals surface area contributed by atoms with Crippen molar-refractivity contribution in [2.45, 2.75) is 65.8 Å². The average molecular weight is 696 g/mol. The quantitative estimate of drug-likeness (QED) is 0.193. The van der Waals surface area contributed by atoms with Gasteiger partial charge in [0.05, 0.1) is 25.5 Å². The molecule has 4 aromatic rings. The molecule has 0 atom stereocenters. The van der Waals surface area contributed by atoms with Crippen molar-refractivity contribution in [2.24, 2.45) is 0 Å². The lowest BCUT2D eigenvalue weighted by Crippen LogP contribution is -2.46. The Kier molecular flexibility index (Phi) is 12.3. The van der Waals surface area contributed by atoms with Gasteiger partial charge in [-0.25, -0.2) is 28.3 Å². The Labute approximate surface area is 281 Å². The molecule has 47 heavy (non-hydrogen) atoms. The van der Waals surface area contributed by atoms with E-state index in [1.165, 1.54) is 28.4 Å². The van der Waals surface area contributed by atoms with Gasteiger partial charge >= 0.3 is 12.2 Å². The smallest absolute Gasteiger partial charge is 0.410 e. The van der Waals surface area contributed by atoms with E-state index < -0.39 is 35.0 Å². The highest BCUT2D eigenvalue weighted by Gasteiger charge is 2.26. The Bertz CT molecular complexity index is 1680. The van der Waals surface area contributed by atoms with Crippen LogP contribution >= 0.6 is 23.2 Å². The van der Waals surface area contributed by atoms with E-state index >= 15 is 0 Å². The van der Waals surface area contributed by atoms with Crippen molar-refractivity contribution < 1.29 is 28.2 Å². The summed E-state index contributed by atoms with van der Waals surface area (Å²) in [6, 6.07) is 2.30. The number of carboxylic acid groups (broad SMARTS) is 1. The number of halogens is 4. The molecule has 0 unspecified atom stereocenters. The minimum Gasteiger partial charge on any atom is -0.465 e. The largest absolute Gasteiger partial charge is 0.465 e. The maximum atomic E-state index is 13.9. The van der Waals surface area contributed by atoms with E-state index in [-0.39, 0.29) is 16.9 Å². The minimum atomic E-state index is -0.988. The Hall–Kier alpha value is -4.30. The molecule has 0 aromatic carbocycles. The van der Waals surface area contributed by atoms with Crippen LogP contribution in [0.1, 0.15) is 41.5 Å². The topological polar surface area (TPSA) is 131 Å². The fraction of sp³-hybridized carbons (Fsp3) is 0.419. The highest BCUT2D eigenvalue weighted by Crippen LogP contribution is 2.24. The van der Waals surface area contributed by atoms with Crippen molar-refractivity contribution in [3.8, 4) is 22.3 Å². The summed E-state index contributed by atoms with van der Waals surface area (Å²) in [5.74, 6) is -0.938. The lowest BCUT2D eigenvalue weighted by molar-refractivity contribution is 0.0292. The van der Waals surface area contributed by atoms with E-state index in [1.807, 2.05) is 41.5 Å². The third-order valence-electron chi connectivity index (χ3n) is 6.49. The molecule has 254 valence electrons. The molecule has 0 aliphatic carbocycles. The molecule has 12 nitrogen and oxygen atoms in total. The van der Waals surface area contributed by atoms with Gasteiger partial charge in [-0.05, 0) is 41.5 Å². The normalized spacial score (nSPS) is 11.5. The number of aromatic nitrogens is 6. The lowest BCUT2D eigenvalue weighted by atomic mass is 10.1. The zero-order valence-corrected chi connectivity index (χ0v) is 28.7. The number of carbonyl (C=O) groups is 2. The van der Waals surface area contributed by atoms with Gasteiger partial charge < -0.3 is 19.6 Å². The third-order valence-corrected chi connectivity index (χ3v) is 6.91. The van der Waals surface area contributed by atoms with Gasteiger partial charge in [-0.1, -0.05) is 23.2 Å². The molecule has 0 aliphatic heterocycles. The van der Waals surface area contributed by atoms with Crippen LogP contribution in [0.5, 0.6) is 0 Å². The second-order valence-corrected chi connectivity index (χ2v) is 13.2. The summed E-state index contributed by atoms with van der Waals surface area (Å²) < 4.78 is 36.2. The number of ether oxygens (including phenoxy) is 1. The van der Waals surface area contributed by atoms with Crippen molar-refractivity contribution in [2.75, 3.05) is 20.1 Å². The molecule has 0 bridgehead atoms. The Morgan fingerprint density at radius 1 is 0.830 bits per heavy atom. The second-order valence-electron chi connectivity index (χ2n) is 12.5. The summed E-state index contributed by atoms with van der Waals surface area (Å²) in [6.45, 7) is 12.4. The van der Waals surface area contributed by atoms with Crippen LogP contribution in [0.15, 0.2) is 49.3 Å². The number of rotatable bonds is 8. The first-order chi connectivity index (χ1) is 21.8. The van der Waals surface area contributed by atoms with Crippen LogP contribution in [0.3, 0.4) is 0 Å². The molecule has 0 aliphatic rings. The van der Waals surface area contributed by atoms with E-state index in [4.69, 9.17) is 27.9 Å². The van der Waals surface area contributed by atoms with Crippen LogP contribution < -0.4 is 0 Å². The second kappa shape index (κ2) is 15.5. The number of pyridine rings is 2. The van der Waals surface area contributed by atoms with Crippen molar-refractivity contribution in [1.29, 1.82) is 0 Å². The third kappa shape index (κ3) is 11.2.